The molecule has 24 heavy (non-hydrogen) atoms. The fourth-order valence-electron chi connectivity index (χ4n) is 2.88. The van der Waals surface area contributed by atoms with Crippen molar-refractivity contribution in [1.29, 1.82) is 0 Å². The van der Waals surface area contributed by atoms with E-state index in [-0.39, 0.29) is 24.4 Å². The topological polar surface area (TPSA) is 63.1 Å². The Labute approximate surface area is 143 Å². The third-order valence-electron chi connectivity index (χ3n) is 4.59. The van der Waals surface area contributed by atoms with Crippen molar-refractivity contribution in [2.45, 2.75) is 32.2 Å². The summed E-state index contributed by atoms with van der Waals surface area (Å²) in [7, 11) is 3.49. The SMILES string of the molecule is COc1ccc(NC(=O)C[NH+](C)[C@H](C)C(=O)N2CCCCC2)cc1. The molecule has 132 valence electrons. The van der Waals surface area contributed by atoms with Gasteiger partial charge in [-0.15, -0.1) is 0 Å². The van der Waals surface area contributed by atoms with E-state index in [0.717, 1.165) is 42.3 Å². The lowest BCUT2D eigenvalue weighted by atomic mass is 10.1. The van der Waals surface area contributed by atoms with Crippen molar-refractivity contribution in [1.82, 2.24) is 4.90 Å². The number of ether oxygens (including phenoxy) is 1. The van der Waals surface area contributed by atoms with Gasteiger partial charge in [-0.25, -0.2) is 0 Å². The molecule has 6 heteroatoms. The molecule has 0 aromatic heterocycles. The highest BCUT2D eigenvalue weighted by molar-refractivity contribution is 5.91. The van der Waals surface area contributed by atoms with Crippen molar-refractivity contribution in [3.63, 3.8) is 0 Å². The number of benzene rings is 1. The molecule has 1 unspecified atom stereocenters. The van der Waals surface area contributed by atoms with Gasteiger partial charge in [0.2, 0.25) is 0 Å². The number of nitrogens with one attached hydrogen (secondary N) is 2. The standard InChI is InChI=1S/C18H27N3O3/c1-14(18(23)21-11-5-4-6-12-21)20(2)13-17(22)19-15-7-9-16(24-3)10-8-15/h7-10,14H,4-6,11-13H2,1-3H3,(H,19,22)/p+1/t14-/m1/s1. The summed E-state index contributed by atoms with van der Waals surface area (Å²) in [6.07, 6.45) is 3.36. The van der Waals surface area contributed by atoms with Crippen LogP contribution in [0, 0.1) is 0 Å². The molecule has 1 fully saturated rings. The number of amides is 2. The summed E-state index contributed by atoms with van der Waals surface area (Å²) >= 11 is 0. The van der Waals surface area contributed by atoms with Gasteiger partial charge in [-0.3, -0.25) is 9.59 Å². The second kappa shape index (κ2) is 8.68. The fourth-order valence-corrected chi connectivity index (χ4v) is 2.88. The Balaban J connectivity index is 1.84. The van der Waals surface area contributed by atoms with Gasteiger partial charge in [-0.1, -0.05) is 0 Å². The predicted octanol–water partition coefficient (Wildman–Crippen LogP) is 0.549. The Kier molecular flexibility index (Phi) is 6.61. The van der Waals surface area contributed by atoms with Crippen LogP contribution in [0.2, 0.25) is 0 Å². The fraction of sp³-hybridized carbons (Fsp3) is 0.556. The first-order valence-corrected chi connectivity index (χ1v) is 8.56. The first-order chi connectivity index (χ1) is 11.5. The number of hydrogen-bond donors (Lipinski definition) is 2. The average Bonchev–Trinajstić information content (AvgIpc) is 2.61. The molecule has 0 saturated carbocycles. The summed E-state index contributed by atoms with van der Waals surface area (Å²) in [5.41, 5.74) is 0.726. The molecule has 1 heterocycles. The van der Waals surface area contributed by atoms with Gasteiger partial charge in [-0.2, -0.15) is 0 Å². The number of carbonyl (C=O) groups is 2. The molecule has 2 N–H and O–H groups in total. The Bertz CT molecular complexity index is 553. The zero-order valence-electron chi connectivity index (χ0n) is 14.8. The second-order valence-corrected chi connectivity index (χ2v) is 6.41. The normalized spacial score (nSPS) is 17.0. The predicted molar refractivity (Wildman–Crippen MR) is 93.3 cm³/mol. The van der Waals surface area contributed by atoms with Crippen molar-refractivity contribution in [2.24, 2.45) is 0 Å². The molecule has 2 amide bonds. The maximum Gasteiger partial charge on any atom is 0.280 e. The summed E-state index contributed by atoms with van der Waals surface area (Å²) in [6.45, 7) is 3.84. The lowest BCUT2D eigenvalue weighted by Gasteiger charge is -2.30. The molecule has 2 rings (SSSR count). The van der Waals surface area contributed by atoms with Crippen LogP contribution in [0.25, 0.3) is 0 Å². The molecule has 1 aromatic carbocycles. The number of piperidine rings is 1. The van der Waals surface area contributed by atoms with Crippen molar-refractivity contribution in [3.05, 3.63) is 24.3 Å². The molecule has 0 aliphatic carbocycles. The van der Waals surface area contributed by atoms with Crippen LogP contribution in [0.1, 0.15) is 26.2 Å². The van der Waals surface area contributed by atoms with Crippen LogP contribution in [0.3, 0.4) is 0 Å². The highest BCUT2D eigenvalue weighted by atomic mass is 16.5. The van der Waals surface area contributed by atoms with Gasteiger partial charge in [0.25, 0.3) is 11.8 Å². The van der Waals surface area contributed by atoms with Crippen molar-refractivity contribution >= 4 is 17.5 Å². The molecule has 2 atom stereocenters. The number of methoxy groups -OCH3 is 1. The van der Waals surface area contributed by atoms with Crippen molar-refractivity contribution < 1.29 is 19.2 Å². The van der Waals surface area contributed by atoms with Crippen LogP contribution < -0.4 is 15.0 Å². The summed E-state index contributed by atoms with van der Waals surface area (Å²) in [6, 6.07) is 6.98. The van der Waals surface area contributed by atoms with Crippen LogP contribution in [0.5, 0.6) is 5.75 Å². The summed E-state index contributed by atoms with van der Waals surface area (Å²) in [5, 5.41) is 2.86. The van der Waals surface area contributed by atoms with Crippen LogP contribution in [-0.2, 0) is 9.59 Å². The van der Waals surface area contributed by atoms with E-state index in [4.69, 9.17) is 4.74 Å². The minimum absolute atomic E-state index is 0.101. The van der Waals surface area contributed by atoms with Gasteiger partial charge in [0.05, 0.1) is 14.2 Å². The third kappa shape index (κ3) is 4.96. The third-order valence-corrected chi connectivity index (χ3v) is 4.59. The molecular formula is C18H28N3O3+. The highest BCUT2D eigenvalue weighted by Gasteiger charge is 2.29. The van der Waals surface area contributed by atoms with E-state index in [1.54, 1.807) is 31.4 Å². The summed E-state index contributed by atoms with van der Waals surface area (Å²) in [4.78, 5) is 27.5. The van der Waals surface area contributed by atoms with Gasteiger partial charge in [-0.05, 0) is 50.5 Å². The molecule has 1 aliphatic rings. The number of quaternary nitrogens is 1. The Morgan fingerprint density at radius 1 is 1.21 bits per heavy atom. The van der Waals surface area contributed by atoms with Crippen LogP contribution in [0.4, 0.5) is 5.69 Å². The first-order valence-electron chi connectivity index (χ1n) is 8.56. The zero-order chi connectivity index (χ0) is 17.5. The molecule has 1 aromatic rings. The molecule has 6 nitrogen and oxygen atoms in total. The number of anilines is 1. The maximum absolute atomic E-state index is 12.5. The van der Waals surface area contributed by atoms with Gasteiger partial charge in [0, 0.05) is 18.8 Å². The second-order valence-electron chi connectivity index (χ2n) is 6.41. The molecule has 0 spiro atoms. The molecule has 0 radical (unpaired) electrons. The summed E-state index contributed by atoms with van der Waals surface area (Å²) < 4.78 is 5.10. The molecule has 0 bridgehead atoms. The number of carbonyl (C=O) groups excluding carboxylic acids is 2. The van der Waals surface area contributed by atoms with E-state index >= 15 is 0 Å². The lowest BCUT2D eigenvalue weighted by Crippen LogP contribution is -3.15. The van der Waals surface area contributed by atoms with E-state index in [9.17, 15) is 9.59 Å². The van der Waals surface area contributed by atoms with Crippen LogP contribution in [0.15, 0.2) is 24.3 Å². The first kappa shape index (κ1) is 18.3. The van der Waals surface area contributed by atoms with Gasteiger partial charge >= 0.3 is 0 Å². The van der Waals surface area contributed by atoms with E-state index in [0.29, 0.717) is 0 Å². The molecule has 1 saturated heterocycles. The zero-order valence-corrected chi connectivity index (χ0v) is 14.8. The lowest BCUT2D eigenvalue weighted by molar-refractivity contribution is -0.886. The number of likely N-dealkylation sites (N-methyl/N-ethyl adjacent to an activating group) is 1. The Morgan fingerprint density at radius 3 is 2.42 bits per heavy atom. The number of hydrogen-bond acceptors (Lipinski definition) is 3. The number of nitrogens with zero attached hydrogens (tertiary/aromatic N) is 1. The smallest absolute Gasteiger partial charge is 0.280 e. The minimum Gasteiger partial charge on any atom is -0.497 e. The largest absolute Gasteiger partial charge is 0.497 e. The molecular weight excluding hydrogens is 306 g/mol. The maximum atomic E-state index is 12.5. The minimum atomic E-state index is -0.218. The van der Waals surface area contributed by atoms with Crippen molar-refractivity contribution in [2.75, 3.05) is 39.1 Å². The Morgan fingerprint density at radius 2 is 1.83 bits per heavy atom. The Hall–Kier alpha value is -2.08. The van der Waals surface area contributed by atoms with E-state index in [2.05, 4.69) is 5.32 Å². The van der Waals surface area contributed by atoms with Gasteiger partial charge in [0.15, 0.2) is 12.6 Å². The highest BCUT2D eigenvalue weighted by Crippen LogP contribution is 2.14. The number of likely N-dealkylation sites (tertiary alicyclic amines) is 1. The van der Waals surface area contributed by atoms with E-state index in [1.807, 2.05) is 18.9 Å². The quantitative estimate of drug-likeness (QED) is 0.799. The van der Waals surface area contributed by atoms with E-state index in [1.165, 1.54) is 6.42 Å². The summed E-state index contributed by atoms with van der Waals surface area (Å²) in [5.74, 6) is 0.789. The van der Waals surface area contributed by atoms with Gasteiger partial charge < -0.3 is 19.9 Å². The van der Waals surface area contributed by atoms with Crippen LogP contribution >= 0.6 is 0 Å². The average molecular weight is 334 g/mol. The van der Waals surface area contributed by atoms with Crippen molar-refractivity contribution in [3.8, 4) is 5.75 Å². The van der Waals surface area contributed by atoms with Gasteiger partial charge in [0.1, 0.15) is 5.75 Å². The monoisotopic (exact) mass is 334 g/mol. The molecule has 1 aliphatic heterocycles. The van der Waals surface area contributed by atoms with E-state index < -0.39 is 0 Å². The number of rotatable bonds is 6. The van der Waals surface area contributed by atoms with Crippen LogP contribution in [-0.4, -0.2) is 56.5 Å².